The number of rotatable bonds is 4. The lowest BCUT2D eigenvalue weighted by atomic mass is 10.1. The van der Waals surface area contributed by atoms with Gasteiger partial charge in [0.25, 0.3) is 0 Å². The van der Waals surface area contributed by atoms with E-state index in [1.807, 2.05) is 0 Å². The molecule has 9 heteroatoms. The van der Waals surface area contributed by atoms with Crippen molar-refractivity contribution in [1.82, 2.24) is 9.21 Å². The van der Waals surface area contributed by atoms with Crippen molar-refractivity contribution in [2.24, 2.45) is 0 Å². The fourth-order valence-electron chi connectivity index (χ4n) is 3.53. The molecule has 7 nitrogen and oxygen atoms in total. The minimum Gasteiger partial charge on any atom is -0.495 e. The molecule has 138 valence electrons. The van der Waals surface area contributed by atoms with E-state index in [-0.39, 0.29) is 22.7 Å². The smallest absolute Gasteiger partial charge is 0.247 e. The lowest BCUT2D eigenvalue weighted by molar-refractivity contribution is -0.132. The lowest BCUT2D eigenvalue weighted by Crippen LogP contribution is -2.48. The van der Waals surface area contributed by atoms with Gasteiger partial charge < -0.3 is 14.4 Å². The molecule has 1 unspecified atom stereocenters. The van der Waals surface area contributed by atoms with Gasteiger partial charge >= 0.3 is 0 Å². The number of ether oxygens (including phenoxy) is 2. The maximum absolute atomic E-state index is 13.7. The van der Waals surface area contributed by atoms with Crippen LogP contribution in [0.2, 0.25) is 0 Å². The van der Waals surface area contributed by atoms with Gasteiger partial charge in [-0.25, -0.2) is 12.8 Å². The van der Waals surface area contributed by atoms with E-state index in [0.29, 0.717) is 19.4 Å². The van der Waals surface area contributed by atoms with Crippen molar-refractivity contribution in [2.75, 3.05) is 27.8 Å². The summed E-state index contributed by atoms with van der Waals surface area (Å²) in [7, 11) is 0.323. The molecule has 0 radical (unpaired) electrons. The largest absolute Gasteiger partial charge is 0.495 e. The highest BCUT2D eigenvalue weighted by Gasteiger charge is 2.53. The van der Waals surface area contributed by atoms with Gasteiger partial charge in [-0.15, -0.1) is 0 Å². The zero-order valence-corrected chi connectivity index (χ0v) is 15.1. The summed E-state index contributed by atoms with van der Waals surface area (Å²) in [6.45, 7) is 0.435. The van der Waals surface area contributed by atoms with Crippen LogP contribution < -0.4 is 4.74 Å². The van der Waals surface area contributed by atoms with E-state index in [0.717, 1.165) is 12.1 Å². The van der Waals surface area contributed by atoms with Crippen LogP contribution in [0.4, 0.5) is 4.39 Å². The Morgan fingerprint density at radius 2 is 2.12 bits per heavy atom. The standard InChI is InChI=1S/C16H21FN2O5S/c1-18(2)16(20)12-9-14-11(6-7-24-14)19(12)25(21,22)15-8-10(17)4-5-13(15)23-3/h4-5,8,11-12,14H,6-7,9H2,1-3H3/t11-,12?,14-/m0/s1. The van der Waals surface area contributed by atoms with Crippen LogP contribution in [0.1, 0.15) is 12.8 Å². The first-order valence-corrected chi connectivity index (χ1v) is 9.41. The topological polar surface area (TPSA) is 76.2 Å². The summed E-state index contributed by atoms with van der Waals surface area (Å²) < 4.78 is 52.2. The molecule has 2 aliphatic heterocycles. The molecular weight excluding hydrogens is 351 g/mol. The predicted molar refractivity (Wildman–Crippen MR) is 87.2 cm³/mol. The molecule has 3 atom stereocenters. The van der Waals surface area contributed by atoms with E-state index in [1.54, 1.807) is 14.1 Å². The van der Waals surface area contributed by atoms with Crippen molar-refractivity contribution in [3.8, 4) is 5.75 Å². The molecular formula is C16H21FN2O5S. The minimum atomic E-state index is -4.15. The minimum absolute atomic E-state index is 0.0415. The van der Waals surface area contributed by atoms with Gasteiger partial charge in [-0.3, -0.25) is 4.79 Å². The number of fused-ring (bicyclic) bond motifs is 1. The Morgan fingerprint density at radius 1 is 1.40 bits per heavy atom. The maximum atomic E-state index is 13.7. The number of carbonyl (C=O) groups is 1. The molecule has 25 heavy (non-hydrogen) atoms. The zero-order chi connectivity index (χ0) is 18.4. The Morgan fingerprint density at radius 3 is 2.76 bits per heavy atom. The van der Waals surface area contributed by atoms with Crippen molar-refractivity contribution in [3.63, 3.8) is 0 Å². The number of amides is 1. The molecule has 0 aliphatic carbocycles. The van der Waals surface area contributed by atoms with E-state index >= 15 is 0 Å². The second-order valence-corrected chi connectivity index (χ2v) is 8.19. The molecule has 2 fully saturated rings. The summed E-state index contributed by atoms with van der Waals surface area (Å²) >= 11 is 0. The van der Waals surface area contributed by atoms with Crippen LogP contribution in [0.25, 0.3) is 0 Å². The Kier molecular flexibility index (Phi) is 4.74. The second-order valence-electron chi connectivity index (χ2n) is 6.38. The molecule has 0 aromatic heterocycles. The number of benzene rings is 1. The summed E-state index contributed by atoms with van der Waals surface area (Å²) in [5.74, 6) is -0.968. The summed E-state index contributed by atoms with van der Waals surface area (Å²) in [6, 6.07) is 2.01. The third kappa shape index (κ3) is 3.00. The molecule has 0 spiro atoms. The number of methoxy groups -OCH3 is 1. The number of sulfonamides is 1. The molecule has 2 heterocycles. The number of likely N-dealkylation sites (N-methyl/N-ethyl adjacent to an activating group) is 1. The van der Waals surface area contributed by atoms with Crippen molar-refractivity contribution < 1.29 is 27.1 Å². The highest BCUT2D eigenvalue weighted by atomic mass is 32.2. The average molecular weight is 372 g/mol. The second kappa shape index (κ2) is 6.54. The number of halogens is 1. The van der Waals surface area contributed by atoms with E-state index in [4.69, 9.17) is 9.47 Å². The van der Waals surface area contributed by atoms with Gasteiger partial charge in [0.15, 0.2) is 0 Å². The van der Waals surface area contributed by atoms with Crippen molar-refractivity contribution in [1.29, 1.82) is 0 Å². The zero-order valence-electron chi connectivity index (χ0n) is 14.3. The fraction of sp³-hybridized carbons (Fsp3) is 0.562. The maximum Gasteiger partial charge on any atom is 0.247 e. The van der Waals surface area contributed by atoms with Gasteiger partial charge in [-0.05, 0) is 24.6 Å². The van der Waals surface area contributed by atoms with Crippen molar-refractivity contribution in [3.05, 3.63) is 24.0 Å². The van der Waals surface area contributed by atoms with Gasteiger partial charge in [-0.1, -0.05) is 0 Å². The van der Waals surface area contributed by atoms with Crippen LogP contribution in [0.15, 0.2) is 23.1 Å². The van der Waals surface area contributed by atoms with Crippen LogP contribution in [-0.2, 0) is 19.6 Å². The van der Waals surface area contributed by atoms with Gasteiger partial charge in [-0.2, -0.15) is 4.31 Å². The molecule has 2 saturated heterocycles. The first kappa shape index (κ1) is 18.1. The van der Waals surface area contributed by atoms with Gasteiger partial charge in [0.05, 0.1) is 19.3 Å². The van der Waals surface area contributed by atoms with Gasteiger partial charge in [0.2, 0.25) is 15.9 Å². The van der Waals surface area contributed by atoms with E-state index in [1.165, 1.54) is 22.4 Å². The first-order chi connectivity index (χ1) is 11.8. The summed E-state index contributed by atoms with van der Waals surface area (Å²) in [5.41, 5.74) is 0. The predicted octanol–water partition coefficient (Wildman–Crippen LogP) is 0.843. The first-order valence-electron chi connectivity index (χ1n) is 7.97. The third-order valence-corrected chi connectivity index (χ3v) is 6.63. The lowest BCUT2D eigenvalue weighted by Gasteiger charge is -2.29. The number of hydrogen-bond donors (Lipinski definition) is 0. The van der Waals surface area contributed by atoms with Gasteiger partial charge in [0.1, 0.15) is 22.5 Å². The summed E-state index contributed by atoms with van der Waals surface area (Å²) in [4.78, 5) is 13.6. The molecule has 2 aliphatic rings. The van der Waals surface area contributed by atoms with Crippen molar-refractivity contribution in [2.45, 2.75) is 35.9 Å². The Hall–Kier alpha value is -1.71. The summed E-state index contributed by atoms with van der Waals surface area (Å²) in [6.07, 6.45) is 0.459. The molecule has 0 saturated carbocycles. The average Bonchev–Trinajstić information content (AvgIpc) is 3.14. The van der Waals surface area contributed by atoms with Crippen LogP contribution >= 0.6 is 0 Å². The Bertz CT molecular complexity index is 783. The van der Waals surface area contributed by atoms with Crippen LogP contribution in [0.3, 0.4) is 0 Å². The quantitative estimate of drug-likeness (QED) is 0.783. The number of nitrogens with zero attached hydrogens (tertiary/aromatic N) is 2. The highest BCUT2D eigenvalue weighted by molar-refractivity contribution is 7.89. The van der Waals surface area contributed by atoms with E-state index < -0.39 is 27.9 Å². The number of hydrogen-bond acceptors (Lipinski definition) is 5. The van der Waals surface area contributed by atoms with Crippen LogP contribution in [0, 0.1) is 5.82 Å². The fourth-order valence-corrected chi connectivity index (χ4v) is 5.53. The monoisotopic (exact) mass is 372 g/mol. The van der Waals surface area contributed by atoms with E-state index in [9.17, 15) is 17.6 Å². The molecule has 3 rings (SSSR count). The molecule has 1 aromatic carbocycles. The molecule has 0 bridgehead atoms. The Labute approximate surface area is 146 Å². The summed E-state index contributed by atoms with van der Waals surface area (Å²) in [5, 5.41) is 0. The highest BCUT2D eigenvalue weighted by Crippen LogP contribution is 2.40. The van der Waals surface area contributed by atoms with Crippen LogP contribution in [0.5, 0.6) is 5.75 Å². The molecule has 0 N–H and O–H groups in total. The normalized spacial score (nSPS) is 26.5. The van der Waals surface area contributed by atoms with Crippen molar-refractivity contribution >= 4 is 15.9 Å². The SMILES string of the molecule is COc1ccc(F)cc1S(=O)(=O)N1C(C(=O)N(C)C)C[C@@H]2OCC[C@@H]21. The molecule has 1 amide bonds. The van der Waals surface area contributed by atoms with E-state index in [2.05, 4.69) is 0 Å². The molecule has 1 aromatic rings. The van der Waals surface area contributed by atoms with Gasteiger partial charge in [0, 0.05) is 27.1 Å². The Balaban J connectivity index is 2.09. The van der Waals surface area contributed by atoms with Crippen LogP contribution in [-0.4, -0.2) is 69.5 Å². The number of carbonyl (C=O) groups excluding carboxylic acids is 1. The third-order valence-electron chi connectivity index (χ3n) is 4.67.